The molecule has 2 aromatic carbocycles. The SMILES string of the molecule is O=C(Nc1ccc2c(c1)OCO2)C1CCN(C(=O)C2(c3cccc(F)c3)CCCC2)CC1. The Bertz CT molecular complexity index is 1030. The first-order valence-electron chi connectivity index (χ1n) is 11.3. The summed E-state index contributed by atoms with van der Waals surface area (Å²) in [4.78, 5) is 28.3. The number of hydrogen-bond acceptors (Lipinski definition) is 4. The fraction of sp³-hybridized carbons (Fsp3) is 0.440. The van der Waals surface area contributed by atoms with E-state index in [4.69, 9.17) is 9.47 Å². The average molecular weight is 438 g/mol. The predicted molar refractivity (Wildman–Crippen MR) is 117 cm³/mol. The molecule has 0 atom stereocenters. The van der Waals surface area contributed by atoms with Crippen molar-refractivity contribution in [3.8, 4) is 11.5 Å². The van der Waals surface area contributed by atoms with Gasteiger partial charge in [-0.25, -0.2) is 4.39 Å². The van der Waals surface area contributed by atoms with Crippen LogP contribution in [0.2, 0.25) is 0 Å². The lowest BCUT2D eigenvalue weighted by Gasteiger charge is -2.38. The molecule has 2 amide bonds. The zero-order valence-corrected chi connectivity index (χ0v) is 17.9. The number of likely N-dealkylation sites (tertiary alicyclic amines) is 1. The third-order valence-electron chi connectivity index (χ3n) is 7.04. The van der Waals surface area contributed by atoms with Gasteiger partial charge in [-0.05, 0) is 55.5 Å². The summed E-state index contributed by atoms with van der Waals surface area (Å²) in [5.41, 5.74) is 0.820. The second-order valence-corrected chi connectivity index (χ2v) is 8.92. The molecule has 1 saturated heterocycles. The molecule has 5 rings (SSSR count). The van der Waals surface area contributed by atoms with Gasteiger partial charge in [0.2, 0.25) is 18.6 Å². The molecule has 2 aliphatic heterocycles. The summed E-state index contributed by atoms with van der Waals surface area (Å²) in [5.74, 6) is 0.877. The topological polar surface area (TPSA) is 67.9 Å². The van der Waals surface area contributed by atoms with E-state index in [0.29, 0.717) is 43.1 Å². The van der Waals surface area contributed by atoms with Crippen LogP contribution in [0.5, 0.6) is 11.5 Å². The summed E-state index contributed by atoms with van der Waals surface area (Å²) in [6.07, 6.45) is 4.66. The van der Waals surface area contributed by atoms with Gasteiger partial charge in [-0.1, -0.05) is 25.0 Å². The molecule has 6 nitrogen and oxygen atoms in total. The summed E-state index contributed by atoms with van der Waals surface area (Å²) in [6.45, 7) is 1.26. The third-order valence-corrected chi connectivity index (χ3v) is 7.04. The van der Waals surface area contributed by atoms with Crippen molar-refractivity contribution in [1.82, 2.24) is 4.90 Å². The Morgan fingerprint density at radius 1 is 1.00 bits per heavy atom. The van der Waals surface area contributed by atoms with Crippen LogP contribution < -0.4 is 14.8 Å². The first-order chi connectivity index (χ1) is 15.5. The molecule has 168 valence electrons. The molecule has 2 heterocycles. The van der Waals surface area contributed by atoms with Gasteiger partial charge in [-0.15, -0.1) is 0 Å². The molecule has 7 heteroatoms. The van der Waals surface area contributed by atoms with Crippen molar-refractivity contribution in [1.29, 1.82) is 0 Å². The maximum atomic E-state index is 13.9. The summed E-state index contributed by atoms with van der Waals surface area (Å²) >= 11 is 0. The maximum Gasteiger partial charge on any atom is 0.233 e. The number of piperidine rings is 1. The Morgan fingerprint density at radius 3 is 2.50 bits per heavy atom. The standard InChI is InChI=1S/C25H27FN2O4/c26-19-5-3-4-18(14-19)25(10-1-2-11-25)24(30)28-12-8-17(9-13-28)23(29)27-20-6-7-21-22(15-20)32-16-31-21/h3-7,14-15,17H,1-2,8-13,16H2,(H,27,29). The summed E-state index contributed by atoms with van der Waals surface area (Å²) in [7, 11) is 0. The molecule has 1 saturated carbocycles. The van der Waals surface area contributed by atoms with Crippen LogP contribution in [0.25, 0.3) is 0 Å². The van der Waals surface area contributed by atoms with E-state index < -0.39 is 5.41 Å². The van der Waals surface area contributed by atoms with Gasteiger partial charge in [-0.2, -0.15) is 0 Å². The van der Waals surface area contributed by atoms with Crippen LogP contribution in [-0.2, 0) is 15.0 Å². The zero-order chi connectivity index (χ0) is 22.1. The summed E-state index contributed by atoms with van der Waals surface area (Å²) in [5, 5.41) is 2.96. The molecule has 0 radical (unpaired) electrons. The van der Waals surface area contributed by atoms with Gasteiger partial charge in [0.25, 0.3) is 0 Å². The van der Waals surface area contributed by atoms with Crippen molar-refractivity contribution in [2.75, 3.05) is 25.2 Å². The number of fused-ring (bicyclic) bond motifs is 1. The van der Waals surface area contributed by atoms with E-state index in [1.807, 2.05) is 11.0 Å². The van der Waals surface area contributed by atoms with Gasteiger partial charge in [0, 0.05) is 30.8 Å². The molecule has 0 aromatic heterocycles. The molecule has 0 bridgehead atoms. The van der Waals surface area contributed by atoms with E-state index in [9.17, 15) is 14.0 Å². The molecule has 2 aromatic rings. The predicted octanol–water partition coefficient (Wildman–Crippen LogP) is 4.24. The zero-order valence-electron chi connectivity index (χ0n) is 17.9. The van der Waals surface area contributed by atoms with E-state index in [2.05, 4.69) is 5.32 Å². The first-order valence-corrected chi connectivity index (χ1v) is 11.3. The molecule has 2 fully saturated rings. The number of ether oxygens (including phenoxy) is 2. The van der Waals surface area contributed by atoms with Crippen LogP contribution in [-0.4, -0.2) is 36.6 Å². The minimum Gasteiger partial charge on any atom is -0.454 e. The molecule has 1 N–H and O–H groups in total. The lowest BCUT2D eigenvalue weighted by molar-refractivity contribution is -0.140. The van der Waals surface area contributed by atoms with Gasteiger partial charge >= 0.3 is 0 Å². The molecule has 1 aliphatic carbocycles. The van der Waals surface area contributed by atoms with E-state index in [0.717, 1.165) is 31.2 Å². The molecule has 0 spiro atoms. The Kier molecular flexibility index (Phi) is 5.49. The molecule has 3 aliphatic rings. The number of rotatable bonds is 4. The number of hydrogen-bond donors (Lipinski definition) is 1. The van der Waals surface area contributed by atoms with Gasteiger partial charge in [0.05, 0.1) is 5.41 Å². The van der Waals surface area contributed by atoms with Crippen molar-refractivity contribution in [2.24, 2.45) is 5.92 Å². The number of amides is 2. The van der Waals surface area contributed by atoms with Crippen LogP contribution in [0.3, 0.4) is 0 Å². The normalized spacial score (nSPS) is 19.7. The Balaban J connectivity index is 1.23. The smallest absolute Gasteiger partial charge is 0.233 e. The number of carbonyl (C=O) groups excluding carboxylic acids is 2. The van der Waals surface area contributed by atoms with Crippen molar-refractivity contribution >= 4 is 17.5 Å². The Labute approximate surface area is 186 Å². The van der Waals surface area contributed by atoms with Crippen molar-refractivity contribution in [3.05, 3.63) is 53.8 Å². The Hall–Kier alpha value is -3.09. The van der Waals surface area contributed by atoms with Gasteiger partial charge in [0.15, 0.2) is 11.5 Å². The number of benzene rings is 2. The highest BCUT2D eigenvalue weighted by molar-refractivity contribution is 5.93. The lowest BCUT2D eigenvalue weighted by atomic mass is 9.77. The fourth-order valence-electron chi connectivity index (χ4n) is 5.26. The number of anilines is 1. The molecule has 0 unspecified atom stereocenters. The van der Waals surface area contributed by atoms with E-state index >= 15 is 0 Å². The second kappa shape index (κ2) is 8.45. The Morgan fingerprint density at radius 2 is 1.75 bits per heavy atom. The highest BCUT2D eigenvalue weighted by atomic mass is 19.1. The van der Waals surface area contributed by atoms with Gasteiger partial charge in [-0.3, -0.25) is 9.59 Å². The lowest BCUT2D eigenvalue weighted by Crippen LogP contribution is -2.49. The molecule has 32 heavy (non-hydrogen) atoms. The molecular weight excluding hydrogens is 411 g/mol. The van der Waals surface area contributed by atoms with Crippen molar-refractivity contribution in [3.63, 3.8) is 0 Å². The number of nitrogens with zero attached hydrogens (tertiary/aromatic N) is 1. The van der Waals surface area contributed by atoms with Crippen LogP contribution in [0.4, 0.5) is 10.1 Å². The van der Waals surface area contributed by atoms with Crippen molar-refractivity contribution < 1.29 is 23.5 Å². The van der Waals surface area contributed by atoms with Crippen molar-refractivity contribution in [2.45, 2.75) is 43.9 Å². The molecular formula is C25H27FN2O4. The minimum absolute atomic E-state index is 0.0447. The van der Waals surface area contributed by atoms with Crippen LogP contribution >= 0.6 is 0 Å². The number of carbonyl (C=O) groups is 2. The van der Waals surface area contributed by atoms with Crippen LogP contribution in [0.15, 0.2) is 42.5 Å². The fourth-order valence-corrected chi connectivity index (χ4v) is 5.26. The minimum atomic E-state index is -0.635. The first kappa shape index (κ1) is 20.8. The largest absolute Gasteiger partial charge is 0.454 e. The highest BCUT2D eigenvalue weighted by Crippen LogP contribution is 2.43. The summed E-state index contributed by atoms with van der Waals surface area (Å²) < 4.78 is 24.6. The quantitative estimate of drug-likeness (QED) is 0.775. The van der Waals surface area contributed by atoms with E-state index in [1.54, 1.807) is 24.3 Å². The van der Waals surface area contributed by atoms with Crippen LogP contribution in [0, 0.1) is 11.7 Å². The second-order valence-electron chi connectivity index (χ2n) is 8.92. The monoisotopic (exact) mass is 438 g/mol. The highest BCUT2D eigenvalue weighted by Gasteiger charge is 2.45. The van der Waals surface area contributed by atoms with E-state index in [-0.39, 0.29) is 30.3 Å². The van der Waals surface area contributed by atoms with Gasteiger partial charge in [0.1, 0.15) is 5.82 Å². The van der Waals surface area contributed by atoms with Gasteiger partial charge < -0.3 is 19.7 Å². The van der Waals surface area contributed by atoms with E-state index in [1.165, 1.54) is 12.1 Å². The number of nitrogens with one attached hydrogen (secondary N) is 1. The maximum absolute atomic E-state index is 13.9. The third kappa shape index (κ3) is 3.80. The number of halogens is 1. The summed E-state index contributed by atoms with van der Waals surface area (Å²) in [6, 6.07) is 11.8. The van der Waals surface area contributed by atoms with Crippen LogP contribution in [0.1, 0.15) is 44.1 Å². The average Bonchev–Trinajstić information content (AvgIpc) is 3.49.